The van der Waals surface area contributed by atoms with Crippen LogP contribution in [-0.2, 0) is 19.4 Å². The highest BCUT2D eigenvalue weighted by molar-refractivity contribution is 5.97. The molecule has 150 valence electrons. The van der Waals surface area contributed by atoms with E-state index in [0.717, 1.165) is 47.4 Å². The molecule has 0 bridgehead atoms. The number of nitrogens with one attached hydrogen (secondary N) is 1. The summed E-state index contributed by atoms with van der Waals surface area (Å²) in [5, 5.41) is 8.18. The van der Waals surface area contributed by atoms with E-state index >= 15 is 0 Å². The van der Waals surface area contributed by atoms with Crippen molar-refractivity contribution in [3.8, 4) is 0 Å². The number of para-hydroxylation sites is 1. The molecule has 4 aromatic rings. The standard InChI is InChI=1S/C25H25N5/c26-25(30-27)21-11-8-19(9-12-21)17-28-23-6-3-4-18(16-23)10-14-22-15-13-20-5-1-2-7-24(20)29-22/h1-9,11-13,15-16,28H,10,14,17,27H2,(H2,26,30). The Hall–Kier alpha value is -3.86. The van der Waals surface area contributed by atoms with Crippen molar-refractivity contribution in [2.45, 2.75) is 19.4 Å². The fraction of sp³-hybridized carbons (Fsp3) is 0.120. The number of pyridine rings is 1. The number of fused-ring (bicyclic) bond motifs is 1. The number of hydrogen-bond acceptors (Lipinski definition) is 4. The summed E-state index contributed by atoms with van der Waals surface area (Å²) in [6, 6.07) is 28.9. The van der Waals surface area contributed by atoms with Crippen molar-refractivity contribution in [2.24, 2.45) is 16.7 Å². The average molecular weight is 396 g/mol. The molecule has 0 radical (unpaired) electrons. The minimum atomic E-state index is 0.336. The molecule has 0 spiro atoms. The van der Waals surface area contributed by atoms with Gasteiger partial charge in [0.1, 0.15) is 5.84 Å². The van der Waals surface area contributed by atoms with E-state index in [0.29, 0.717) is 5.84 Å². The molecule has 1 heterocycles. The molecule has 0 unspecified atom stereocenters. The lowest BCUT2D eigenvalue weighted by Gasteiger charge is -2.10. The van der Waals surface area contributed by atoms with Gasteiger partial charge in [0.2, 0.25) is 0 Å². The van der Waals surface area contributed by atoms with Crippen molar-refractivity contribution in [1.82, 2.24) is 4.98 Å². The van der Waals surface area contributed by atoms with E-state index in [1.54, 1.807) is 0 Å². The zero-order chi connectivity index (χ0) is 20.8. The number of nitrogens with zero attached hydrogens (tertiary/aromatic N) is 2. The summed E-state index contributed by atoms with van der Waals surface area (Å²) in [5.41, 5.74) is 12.3. The fourth-order valence-electron chi connectivity index (χ4n) is 3.43. The van der Waals surface area contributed by atoms with Crippen LogP contribution in [0.5, 0.6) is 0 Å². The second kappa shape index (κ2) is 9.09. The summed E-state index contributed by atoms with van der Waals surface area (Å²) in [6.07, 6.45) is 1.87. The van der Waals surface area contributed by atoms with Crippen LogP contribution in [0.15, 0.2) is 90.0 Å². The van der Waals surface area contributed by atoms with Gasteiger partial charge in [-0.3, -0.25) is 4.98 Å². The Morgan fingerprint density at radius 2 is 1.67 bits per heavy atom. The van der Waals surface area contributed by atoms with Gasteiger partial charge in [-0.05, 0) is 48.2 Å². The Balaban J connectivity index is 1.36. The molecule has 1 aromatic heterocycles. The second-order valence-corrected chi connectivity index (χ2v) is 7.26. The molecule has 0 aliphatic heterocycles. The molecule has 3 aromatic carbocycles. The molecule has 5 N–H and O–H groups in total. The minimum Gasteiger partial charge on any atom is -0.382 e. The lowest BCUT2D eigenvalue weighted by atomic mass is 10.1. The highest BCUT2D eigenvalue weighted by Crippen LogP contribution is 2.16. The smallest absolute Gasteiger partial charge is 0.150 e. The molecule has 5 nitrogen and oxygen atoms in total. The van der Waals surface area contributed by atoms with E-state index in [1.807, 2.05) is 36.4 Å². The number of aromatic nitrogens is 1. The first kappa shape index (κ1) is 19.5. The summed E-state index contributed by atoms with van der Waals surface area (Å²) in [6.45, 7) is 0.732. The Morgan fingerprint density at radius 1 is 0.833 bits per heavy atom. The Labute approximate surface area is 176 Å². The number of hydrogen-bond donors (Lipinski definition) is 3. The average Bonchev–Trinajstić information content (AvgIpc) is 2.81. The van der Waals surface area contributed by atoms with Gasteiger partial charge in [0, 0.05) is 28.9 Å². The minimum absolute atomic E-state index is 0.336. The molecule has 0 fully saturated rings. The monoisotopic (exact) mass is 395 g/mol. The van der Waals surface area contributed by atoms with Gasteiger partial charge >= 0.3 is 0 Å². The maximum atomic E-state index is 5.73. The van der Waals surface area contributed by atoms with Gasteiger partial charge in [-0.2, -0.15) is 5.10 Å². The quantitative estimate of drug-likeness (QED) is 0.189. The van der Waals surface area contributed by atoms with Crippen LogP contribution in [-0.4, -0.2) is 10.8 Å². The van der Waals surface area contributed by atoms with E-state index in [4.69, 9.17) is 16.6 Å². The number of hydrazone groups is 1. The van der Waals surface area contributed by atoms with E-state index in [2.05, 4.69) is 58.9 Å². The van der Waals surface area contributed by atoms with Crippen LogP contribution < -0.4 is 16.9 Å². The summed E-state index contributed by atoms with van der Waals surface area (Å²) in [5.74, 6) is 5.56. The molecule has 4 rings (SSSR count). The normalized spacial score (nSPS) is 11.5. The van der Waals surface area contributed by atoms with Gasteiger partial charge < -0.3 is 16.9 Å². The van der Waals surface area contributed by atoms with Crippen LogP contribution in [0.1, 0.15) is 22.4 Å². The highest BCUT2D eigenvalue weighted by atomic mass is 15.1. The predicted molar refractivity (Wildman–Crippen MR) is 124 cm³/mol. The van der Waals surface area contributed by atoms with Gasteiger partial charge in [0.25, 0.3) is 0 Å². The summed E-state index contributed by atoms with van der Waals surface area (Å²) < 4.78 is 0. The lowest BCUT2D eigenvalue weighted by molar-refractivity contribution is 0.922. The van der Waals surface area contributed by atoms with E-state index in [-0.39, 0.29) is 0 Å². The molecule has 0 amide bonds. The maximum Gasteiger partial charge on any atom is 0.150 e. The number of aryl methyl sites for hydroxylation is 2. The fourth-order valence-corrected chi connectivity index (χ4v) is 3.43. The van der Waals surface area contributed by atoms with Crippen molar-refractivity contribution < 1.29 is 0 Å². The largest absolute Gasteiger partial charge is 0.382 e. The second-order valence-electron chi connectivity index (χ2n) is 7.26. The van der Waals surface area contributed by atoms with Crippen LogP contribution in [0, 0.1) is 0 Å². The SMILES string of the molecule is N/N=C(\N)c1ccc(CNc2cccc(CCc3ccc4ccccc4n3)c2)cc1. The first-order valence-corrected chi connectivity index (χ1v) is 10.0. The number of anilines is 1. The van der Waals surface area contributed by atoms with Gasteiger partial charge in [0.15, 0.2) is 0 Å². The molecule has 0 aliphatic carbocycles. The van der Waals surface area contributed by atoms with Crippen LogP contribution in [0.3, 0.4) is 0 Å². The number of rotatable bonds is 7. The maximum absolute atomic E-state index is 5.73. The Bertz CT molecular complexity index is 1170. The third-order valence-corrected chi connectivity index (χ3v) is 5.14. The first-order chi connectivity index (χ1) is 14.7. The molecular formula is C25H25N5. The van der Waals surface area contributed by atoms with E-state index < -0.39 is 0 Å². The number of benzene rings is 3. The van der Waals surface area contributed by atoms with Crippen LogP contribution >= 0.6 is 0 Å². The van der Waals surface area contributed by atoms with Crippen LogP contribution in [0.4, 0.5) is 5.69 Å². The van der Waals surface area contributed by atoms with Crippen molar-refractivity contribution in [3.05, 3.63) is 107 Å². The van der Waals surface area contributed by atoms with Crippen molar-refractivity contribution >= 4 is 22.4 Å². The first-order valence-electron chi connectivity index (χ1n) is 10.0. The van der Waals surface area contributed by atoms with Gasteiger partial charge in [0.05, 0.1) is 5.52 Å². The van der Waals surface area contributed by atoms with Crippen molar-refractivity contribution in [1.29, 1.82) is 0 Å². The number of amidine groups is 1. The third-order valence-electron chi connectivity index (χ3n) is 5.14. The zero-order valence-corrected chi connectivity index (χ0v) is 16.8. The molecule has 0 saturated carbocycles. The van der Waals surface area contributed by atoms with Crippen molar-refractivity contribution in [2.75, 3.05) is 5.32 Å². The number of nitrogens with two attached hydrogens (primary N) is 2. The Kier molecular flexibility index (Phi) is 5.90. The topological polar surface area (TPSA) is 89.3 Å². The molecule has 30 heavy (non-hydrogen) atoms. The molecule has 0 aliphatic rings. The summed E-state index contributed by atoms with van der Waals surface area (Å²) >= 11 is 0. The summed E-state index contributed by atoms with van der Waals surface area (Å²) in [4.78, 5) is 4.77. The zero-order valence-electron chi connectivity index (χ0n) is 16.8. The van der Waals surface area contributed by atoms with E-state index in [9.17, 15) is 0 Å². The van der Waals surface area contributed by atoms with Gasteiger partial charge in [-0.1, -0.05) is 60.7 Å². The molecular weight excluding hydrogens is 370 g/mol. The molecule has 0 saturated heterocycles. The van der Waals surface area contributed by atoms with Gasteiger partial charge in [-0.15, -0.1) is 0 Å². The molecule has 0 atom stereocenters. The van der Waals surface area contributed by atoms with E-state index in [1.165, 1.54) is 10.9 Å². The lowest BCUT2D eigenvalue weighted by Crippen LogP contribution is -2.15. The highest BCUT2D eigenvalue weighted by Gasteiger charge is 2.02. The predicted octanol–water partition coefficient (Wildman–Crippen LogP) is 4.21. The van der Waals surface area contributed by atoms with Crippen LogP contribution in [0.2, 0.25) is 0 Å². The third kappa shape index (κ3) is 4.75. The molecule has 5 heteroatoms. The Morgan fingerprint density at radius 3 is 2.50 bits per heavy atom. The van der Waals surface area contributed by atoms with Gasteiger partial charge in [-0.25, -0.2) is 0 Å². The summed E-state index contributed by atoms with van der Waals surface area (Å²) in [7, 11) is 0. The van der Waals surface area contributed by atoms with Crippen molar-refractivity contribution in [3.63, 3.8) is 0 Å². The van der Waals surface area contributed by atoms with Crippen LogP contribution in [0.25, 0.3) is 10.9 Å².